The standard InChI is InChI=1S/C27H35NO7S/c1-14(10-18-13-36-16(3)28-18)20-9-8-17(12-29)6-5-7-19-23-26(33)35-21(11-22(30)34-20)27(23,4)25(32)15(2)24(19)31/h8,10,13,15,19-21,23-24,29,31H,5-7,9,11-12H2,1-4H3/b14-10+,17-8+/t15-,19-,20+,21+,23?,24-,27+/m1/s1. The van der Waals surface area contributed by atoms with Crippen LogP contribution < -0.4 is 0 Å². The van der Waals surface area contributed by atoms with Crippen molar-refractivity contribution in [1.82, 2.24) is 4.98 Å². The van der Waals surface area contributed by atoms with Crippen LogP contribution in [0.2, 0.25) is 0 Å². The Bertz CT molecular complexity index is 1090. The number of aromatic nitrogens is 1. The molecule has 1 saturated carbocycles. The van der Waals surface area contributed by atoms with Crippen molar-refractivity contribution in [2.75, 3.05) is 6.61 Å². The van der Waals surface area contributed by atoms with Gasteiger partial charge in [0.15, 0.2) is 0 Å². The van der Waals surface area contributed by atoms with E-state index in [1.165, 1.54) is 11.3 Å². The minimum absolute atomic E-state index is 0.137. The van der Waals surface area contributed by atoms with Crippen LogP contribution in [0.1, 0.15) is 63.6 Å². The van der Waals surface area contributed by atoms with E-state index in [0.29, 0.717) is 25.7 Å². The van der Waals surface area contributed by atoms with Crippen LogP contribution >= 0.6 is 11.3 Å². The molecular formula is C27H35NO7S. The molecule has 0 aromatic carbocycles. The van der Waals surface area contributed by atoms with Crippen LogP contribution in [0, 0.1) is 30.1 Å². The highest BCUT2D eigenvalue weighted by molar-refractivity contribution is 7.09. The molecular weight excluding hydrogens is 482 g/mol. The van der Waals surface area contributed by atoms with Crippen LogP contribution in [-0.4, -0.2) is 57.8 Å². The number of aliphatic hydroxyl groups excluding tert-OH is 2. The van der Waals surface area contributed by atoms with Gasteiger partial charge in [0.2, 0.25) is 0 Å². The largest absolute Gasteiger partial charge is 0.460 e. The first kappa shape index (κ1) is 26.7. The third-order valence-corrected chi connectivity index (χ3v) is 8.95. The van der Waals surface area contributed by atoms with Crippen molar-refractivity contribution in [2.24, 2.45) is 23.2 Å². The number of carbonyl (C=O) groups excluding carboxylic acids is 3. The second-order valence-electron chi connectivity index (χ2n) is 10.5. The van der Waals surface area contributed by atoms with E-state index < -0.39 is 53.4 Å². The number of cyclic esters (lactones) is 1. The Morgan fingerprint density at radius 1 is 1.31 bits per heavy atom. The number of thiazole rings is 1. The summed E-state index contributed by atoms with van der Waals surface area (Å²) >= 11 is 1.53. The molecule has 1 aromatic rings. The molecule has 8 nitrogen and oxygen atoms in total. The molecule has 1 aliphatic carbocycles. The predicted octanol–water partition coefficient (Wildman–Crippen LogP) is 3.39. The van der Waals surface area contributed by atoms with Crippen LogP contribution in [-0.2, 0) is 23.9 Å². The summed E-state index contributed by atoms with van der Waals surface area (Å²) in [4.78, 5) is 44.0. The number of nitrogens with zero attached hydrogens (tertiary/aromatic N) is 1. The van der Waals surface area contributed by atoms with Crippen LogP contribution in [0.25, 0.3) is 6.08 Å². The number of ether oxygens (including phenoxy) is 2. The van der Waals surface area contributed by atoms with Crippen LogP contribution in [0.15, 0.2) is 22.6 Å². The smallest absolute Gasteiger partial charge is 0.310 e. The average molecular weight is 518 g/mol. The Morgan fingerprint density at radius 3 is 2.72 bits per heavy atom. The topological polar surface area (TPSA) is 123 Å². The van der Waals surface area contributed by atoms with Crippen molar-refractivity contribution in [1.29, 1.82) is 0 Å². The molecule has 0 amide bonds. The molecule has 3 heterocycles. The Kier molecular flexibility index (Phi) is 7.83. The van der Waals surface area contributed by atoms with Gasteiger partial charge >= 0.3 is 11.9 Å². The van der Waals surface area contributed by atoms with Gasteiger partial charge in [-0.1, -0.05) is 13.0 Å². The zero-order valence-electron chi connectivity index (χ0n) is 21.2. The summed E-state index contributed by atoms with van der Waals surface area (Å²) in [6, 6.07) is 0. The van der Waals surface area contributed by atoms with Gasteiger partial charge in [-0.15, -0.1) is 11.3 Å². The van der Waals surface area contributed by atoms with Gasteiger partial charge in [0.25, 0.3) is 0 Å². The first-order chi connectivity index (χ1) is 17.1. The molecule has 2 aliphatic heterocycles. The van der Waals surface area contributed by atoms with Crippen LogP contribution in [0.4, 0.5) is 0 Å². The number of carbonyl (C=O) groups is 3. The molecule has 3 aliphatic rings. The van der Waals surface area contributed by atoms with Gasteiger partial charge in [-0.25, -0.2) is 4.98 Å². The van der Waals surface area contributed by atoms with Gasteiger partial charge < -0.3 is 19.7 Å². The van der Waals surface area contributed by atoms with E-state index in [9.17, 15) is 24.6 Å². The summed E-state index contributed by atoms with van der Waals surface area (Å²) in [7, 11) is 0. The fraction of sp³-hybridized carbons (Fsp3) is 0.630. The first-order valence-electron chi connectivity index (χ1n) is 12.6. The molecule has 2 fully saturated rings. The maximum Gasteiger partial charge on any atom is 0.310 e. The lowest BCUT2D eigenvalue weighted by molar-refractivity contribution is -0.158. The second kappa shape index (κ2) is 10.6. The van der Waals surface area contributed by atoms with Crippen molar-refractivity contribution in [3.8, 4) is 0 Å². The van der Waals surface area contributed by atoms with Gasteiger partial charge in [0, 0.05) is 17.7 Å². The summed E-state index contributed by atoms with van der Waals surface area (Å²) in [6.07, 6.45) is 3.12. The van der Waals surface area contributed by atoms with Crippen molar-refractivity contribution < 1.29 is 34.1 Å². The number of Topliss-reactive ketones (excluding diaryl/α,β-unsaturated/α-hetero) is 1. The fourth-order valence-corrected chi connectivity index (χ4v) is 6.63. The Labute approximate surface area is 215 Å². The molecule has 1 unspecified atom stereocenters. The number of aryl methyl sites for hydroxylation is 1. The van der Waals surface area contributed by atoms with Crippen molar-refractivity contribution in [3.05, 3.63) is 33.3 Å². The third kappa shape index (κ3) is 4.93. The minimum Gasteiger partial charge on any atom is -0.460 e. The summed E-state index contributed by atoms with van der Waals surface area (Å²) < 4.78 is 11.5. The summed E-state index contributed by atoms with van der Waals surface area (Å²) in [6.45, 7) is 7.01. The van der Waals surface area contributed by atoms with Crippen molar-refractivity contribution in [3.63, 3.8) is 0 Å². The summed E-state index contributed by atoms with van der Waals surface area (Å²) in [5, 5.41) is 23.7. The Morgan fingerprint density at radius 2 is 2.06 bits per heavy atom. The summed E-state index contributed by atoms with van der Waals surface area (Å²) in [5.74, 6) is -3.32. The zero-order chi connectivity index (χ0) is 26.2. The highest BCUT2D eigenvalue weighted by Gasteiger charge is 2.66. The van der Waals surface area contributed by atoms with E-state index >= 15 is 0 Å². The Hall–Kier alpha value is -2.36. The number of aliphatic hydroxyl groups is 2. The molecule has 36 heavy (non-hydrogen) atoms. The van der Waals surface area contributed by atoms with Crippen molar-refractivity contribution in [2.45, 2.75) is 78.1 Å². The van der Waals surface area contributed by atoms with Gasteiger partial charge in [-0.05, 0) is 63.2 Å². The quantitative estimate of drug-likeness (QED) is 0.462. The number of rotatable bonds is 3. The van der Waals surface area contributed by atoms with E-state index in [-0.39, 0.29) is 18.8 Å². The molecule has 7 atom stereocenters. The maximum absolute atomic E-state index is 13.4. The molecule has 1 saturated heterocycles. The van der Waals surface area contributed by atoms with E-state index in [1.54, 1.807) is 13.8 Å². The van der Waals surface area contributed by atoms with Crippen molar-refractivity contribution >= 4 is 35.1 Å². The molecule has 1 aromatic heterocycles. The number of esters is 2. The number of hydrogen-bond donors (Lipinski definition) is 2. The van der Waals surface area contributed by atoms with E-state index in [2.05, 4.69) is 4.98 Å². The molecule has 4 bridgehead atoms. The Balaban J connectivity index is 1.68. The molecule has 0 radical (unpaired) electrons. The normalized spacial score (nSPS) is 37.6. The molecule has 196 valence electrons. The fourth-order valence-electron chi connectivity index (χ4n) is 6.06. The van der Waals surface area contributed by atoms with E-state index in [4.69, 9.17) is 9.47 Å². The molecule has 2 N–H and O–H groups in total. The SMILES string of the molecule is C/C(=C\c1csc(C)n1)[C@@H]1C/C=C(/CO)CCC[C@@H]2C3C(=O)O[C@@H](CC(=O)O1)[C@]3(C)C(=O)[C@H](C)[C@H]2O. The molecule has 0 spiro atoms. The predicted molar refractivity (Wildman–Crippen MR) is 134 cm³/mol. The molecule has 9 heteroatoms. The van der Waals surface area contributed by atoms with Gasteiger partial charge in [-0.3, -0.25) is 14.4 Å². The van der Waals surface area contributed by atoms with Crippen LogP contribution in [0.3, 0.4) is 0 Å². The number of ketones is 1. The lowest BCUT2D eigenvalue weighted by atomic mass is 9.55. The van der Waals surface area contributed by atoms with Gasteiger partial charge in [0.05, 0.1) is 41.2 Å². The monoisotopic (exact) mass is 517 g/mol. The van der Waals surface area contributed by atoms with Crippen LogP contribution in [0.5, 0.6) is 0 Å². The maximum atomic E-state index is 13.4. The van der Waals surface area contributed by atoms with Gasteiger partial charge in [0.1, 0.15) is 18.0 Å². The lowest BCUT2D eigenvalue weighted by Gasteiger charge is -2.45. The number of hydrogen-bond acceptors (Lipinski definition) is 9. The van der Waals surface area contributed by atoms with E-state index in [1.807, 2.05) is 31.4 Å². The minimum atomic E-state index is -1.21. The lowest BCUT2D eigenvalue weighted by Crippen LogP contribution is -2.57. The average Bonchev–Trinajstić information content (AvgIpc) is 3.35. The van der Waals surface area contributed by atoms with Gasteiger partial charge in [-0.2, -0.15) is 0 Å². The highest BCUT2D eigenvalue weighted by atomic mass is 32.1. The zero-order valence-corrected chi connectivity index (χ0v) is 22.0. The second-order valence-corrected chi connectivity index (χ2v) is 11.6. The summed E-state index contributed by atoms with van der Waals surface area (Å²) in [5.41, 5.74) is 1.17. The highest BCUT2D eigenvalue weighted by Crippen LogP contribution is 2.54. The van der Waals surface area contributed by atoms with E-state index in [0.717, 1.165) is 21.8 Å². The third-order valence-electron chi connectivity index (χ3n) is 8.16. The molecule has 4 rings (SSSR count). The first-order valence-corrected chi connectivity index (χ1v) is 13.5.